The van der Waals surface area contributed by atoms with Crippen LogP contribution < -0.4 is 0 Å². The Morgan fingerprint density at radius 3 is 0.926 bits per heavy atom. The highest BCUT2D eigenvalue weighted by Gasteiger charge is 1.96. The lowest BCUT2D eigenvalue weighted by atomic mass is 10.0. The van der Waals surface area contributed by atoms with E-state index in [9.17, 15) is 0 Å². The number of halogens is 1. The second-order valence-corrected chi connectivity index (χ2v) is 8.61. The van der Waals surface area contributed by atoms with Gasteiger partial charge in [-0.2, -0.15) is 0 Å². The van der Waals surface area contributed by atoms with Crippen molar-refractivity contribution in [2.75, 3.05) is 20.1 Å². The Labute approximate surface area is 172 Å². The number of hydrogen-bond acceptors (Lipinski definition) is 1. The van der Waals surface area contributed by atoms with E-state index in [1.165, 1.54) is 142 Å². The van der Waals surface area contributed by atoms with Gasteiger partial charge in [-0.25, -0.2) is 0 Å². The Hall–Kier alpha value is -0.110. The predicted molar refractivity (Wildman–Crippen MR) is 124 cm³/mol. The van der Waals surface area contributed by atoms with Crippen molar-refractivity contribution in [2.45, 2.75) is 142 Å². The highest BCUT2D eigenvalue weighted by Crippen LogP contribution is 2.14. The molecule has 0 fully saturated rings. The summed E-state index contributed by atoms with van der Waals surface area (Å²) >= 11 is 0. The molecule has 0 bridgehead atoms. The van der Waals surface area contributed by atoms with Gasteiger partial charge in [-0.05, 0) is 26.6 Å². The second kappa shape index (κ2) is 25.9. The maximum Gasteiger partial charge on any atom is -0.00219 e. The highest BCUT2D eigenvalue weighted by molar-refractivity contribution is 4.52. The third-order valence-electron chi connectivity index (χ3n) is 5.93. The summed E-state index contributed by atoms with van der Waals surface area (Å²) < 4.78 is 0. The Bertz CT molecular complexity index is 244. The first-order chi connectivity index (χ1) is 12.8. The summed E-state index contributed by atoms with van der Waals surface area (Å²) in [6.45, 7) is 7.03. The van der Waals surface area contributed by atoms with Gasteiger partial charge in [-0.1, -0.05) is 136 Å². The van der Waals surface area contributed by atoms with E-state index in [0.29, 0.717) is 0 Å². The molecule has 0 aromatic carbocycles. The molecule has 0 heterocycles. The van der Waals surface area contributed by atoms with Crippen molar-refractivity contribution in [1.82, 2.24) is 4.90 Å². The van der Waals surface area contributed by atoms with Gasteiger partial charge in [0.1, 0.15) is 0 Å². The molecule has 0 aliphatic carbocycles. The number of hydrogen-bond donors (Lipinski definition) is 0. The molecule has 0 saturated carbocycles. The van der Waals surface area contributed by atoms with Crippen LogP contribution in [0.1, 0.15) is 142 Å². The van der Waals surface area contributed by atoms with E-state index in [1.807, 2.05) is 0 Å². The molecule has 0 unspecified atom stereocenters. The predicted octanol–water partition coefficient (Wildman–Crippen LogP) is 8.91. The van der Waals surface area contributed by atoms with Crippen LogP contribution in [0.3, 0.4) is 0 Å². The molecule has 0 aromatic rings. The number of rotatable bonds is 22. The maximum atomic E-state index is 2.43. The van der Waals surface area contributed by atoms with Crippen molar-refractivity contribution in [2.24, 2.45) is 0 Å². The fraction of sp³-hybridized carbons (Fsp3) is 1.00. The first kappa shape index (κ1) is 29.1. The summed E-state index contributed by atoms with van der Waals surface area (Å²) in [6, 6.07) is 0. The van der Waals surface area contributed by atoms with Crippen LogP contribution >= 0.6 is 0 Å². The molecule has 0 rings (SSSR count). The van der Waals surface area contributed by atoms with Crippen molar-refractivity contribution in [3.05, 3.63) is 0 Å². The first-order valence-corrected chi connectivity index (χ1v) is 12.5. The molecule has 0 amide bonds. The number of unbranched alkanes of at least 4 members (excludes halogenated alkanes) is 19. The molecule has 1 nitrogen and oxygen atoms in total. The van der Waals surface area contributed by atoms with Gasteiger partial charge in [-0.15, -0.1) is 0 Å². The average Bonchev–Trinajstić information content (AvgIpc) is 2.66. The first-order valence-electron chi connectivity index (χ1n) is 12.5. The summed E-state index contributed by atoms with van der Waals surface area (Å²) in [6.07, 6.45) is 29.3. The van der Waals surface area contributed by atoms with Gasteiger partial charge < -0.3 is 4.90 Å². The van der Waals surface area contributed by atoms with E-state index in [4.69, 9.17) is 0 Å². The second-order valence-electron chi connectivity index (χ2n) is 8.61. The molecular formula is C25H54FN. The van der Waals surface area contributed by atoms with Crippen LogP contribution in [0.4, 0.5) is 4.70 Å². The molecule has 27 heavy (non-hydrogen) atoms. The normalized spacial score (nSPS) is 11.1. The third kappa shape index (κ3) is 25.9. The summed E-state index contributed by atoms with van der Waals surface area (Å²) in [5, 5.41) is 0. The molecule has 0 saturated heterocycles. The Morgan fingerprint density at radius 1 is 0.407 bits per heavy atom. The van der Waals surface area contributed by atoms with Gasteiger partial charge in [0.2, 0.25) is 0 Å². The molecule has 0 radical (unpaired) electrons. The summed E-state index contributed by atoms with van der Waals surface area (Å²) in [4.78, 5) is 2.43. The van der Waals surface area contributed by atoms with Gasteiger partial charge in [0.25, 0.3) is 0 Å². The molecule has 0 N–H and O–H groups in total. The van der Waals surface area contributed by atoms with Gasteiger partial charge >= 0.3 is 0 Å². The Balaban J connectivity index is 0. The Kier molecular flexibility index (Phi) is 27.9. The molecule has 0 aliphatic heterocycles. The standard InChI is InChI=1S/C25H53N.FH/c1-4-6-7-8-9-10-11-12-13-14-15-16-17-18-19-20-21-22-23-24-25-26(3)5-2;/h4-25H2,1-3H3;1H. The minimum absolute atomic E-state index is 0. The van der Waals surface area contributed by atoms with Crippen LogP contribution in [0.2, 0.25) is 0 Å². The zero-order valence-electron chi connectivity index (χ0n) is 19.4. The summed E-state index contributed by atoms with van der Waals surface area (Å²) in [5.41, 5.74) is 0. The van der Waals surface area contributed by atoms with Crippen molar-refractivity contribution in [3.63, 3.8) is 0 Å². The zero-order chi connectivity index (χ0) is 19.1. The maximum absolute atomic E-state index is 2.43. The molecular weight excluding hydrogens is 333 g/mol. The van der Waals surface area contributed by atoms with Crippen LogP contribution in [0.15, 0.2) is 0 Å². The molecule has 0 atom stereocenters. The summed E-state index contributed by atoms with van der Waals surface area (Å²) in [7, 11) is 2.23. The fourth-order valence-electron chi connectivity index (χ4n) is 3.80. The van der Waals surface area contributed by atoms with E-state index in [0.717, 1.165) is 0 Å². The third-order valence-corrected chi connectivity index (χ3v) is 5.93. The van der Waals surface area contributed by atoms with Crippen molar-refractivity contribution >= 4 is 0 Å². The molecule has 0 aromatic heterocycles. The lowest BCUT2D eigenvalue weighted by Crippen LogP contribution is -2.18. The fourth-order valence-corrected chi connectivity index (χ4v) is 3.80. The highest BCUT2D eigenvalue weighted by atomic mass is 19.0. The minimum atomic E-state index is 0. The van der Waals surface area contributed by atoms with E-state index in [-0.39, 0.29) is 4.70 Å². The average molecular weight is 388 g/mol. The van der Waals surface area contributed by atoms with Gasteiger partial charge in [0.15, 0.2) is 0 Å². The Morgan fingerprint density at radius 2 is 0.667 bits per heavy atom. The van der Waals surface area contributed by atoms with Crippen molar-refractivity contribution in [3.8, 4) is 0 Å². The topological polar surface area (TPSA) is 3.24 Å². The lowest BCUT2D eigenvalue weighted by Gasteiger charge is -2.12. The smallest absolute Gasteiger partial charge is 0.00219 e. The summed E-state index contributed by atoms with van der Waals surface area (Å²) in [5.74, 6) is 0. The molecule has 0 spiro atoms. The van der Waals surface area contributed by atoms with Crippen LogP contribution in [0, 0.1) is 0 Å². The van der Waals surface area contributed by atoms with Gasteiger partial charge in [0, 0.05) is 0 Å². The monoisotopic (exact) mass is 387 g/mol. The largest absolute Gasteiger partial charge is 0.307 e. The van der Waals surface area contributed by atoms with E-state index < -0.39 is 0 Å². The van der Waals surface area contributed by atoms with Gasteiger partial charge in [-0.3, -0.25) is 4.70 Å². The van der Waals surface area contributed by atoms with Crippen LogP contribution in [-0.2, 0) is 0 Å². The van der Waals surface area contributed by atoms with Crippen LogP contribution in [-0.4, -0.2) is 25.0 Å². The van der Waals surface area contributed by atoms with Crippen molar-refractivity contribution < 1.29 is 4.70 Å². The quantitative estimate of drug-likeness (QED) is 0.168. The molecule has 2 heteroatoms. The van der Waals surface area contributed by atoms with E-state index in [1.54, 1.807) is 0 Å². The molecule has 166 valence electrons. The minimum Gasteiger partial charge on any atom is -0.307 e. The van der Waals surface area contributed by atoms with Crippen LogP contribution in [0.25, 0.3) is 0 Å². The molecule has 0 aliphatic rings. The van der Waals surface area contributed by atoms with Crippen molar-refractivity contribution in [1.29, 1.82) is 0 Å². The zero-order valence-corrected chi connectivity index (χ0v) is 19.4. The van der Waals surface area contributed by atoms with E-state index >= 15 is 0 Å². The number of nitrogens with zero attached hydrogens (tertiary/aromatic N) is 1. The van der Waals surface area contributed by atoms with E-state index in [2.05, 4.69) is 25.8 Å². The van der Waals surface area contributed by atoms with Crippen LogP contribution in [0.5, 0.6) is 0 Å². The lowest BCUT2D eigenvalue weighted by molar-refractivity contribution is 0.340. The SMILES string of the molecule is CCCCCCCCCCCCCCCCCCCCCCN(C)CC.F. The van der Waals surface area contributed by atoms with Gasteiger partial charge in [0.05, 0.1) is 0 Å².